The molecule has 0 aliphatic carbocycles. The highest BCUT2D eigenvalue weighted by atomic mass is 127. The maximum absolute atomic E-state index is 13.0. The molecule has 2 aromatic rings. The van der Waals surface area contributed by atoms with Crippen molar-refractivity contribution >= 4 is 34.2 Å². The molecule has 0 aliphatic rings. The lowest BCUT2D eigenvalue weighted by Gasteiger charge is -2.17. The molecule has 0 amide bonds. The summed E-state index contributed by atoms with van der Waals surface area (Å²) < 4.78 is 14.2. The van der Waals surface area contributed by atoms with E-state index in [2.05, 4.69) is 52.3 Å². The molecule has 0 radical (unpaired) electrons. The van der Waals surface area contributed by atoms with Crippen LogP contribution in [0.5, 0.6) is 0 Å². The molecule has 0 spiro atoms. The highest BCUT2D eigenvalue weighted by Gasteiger charge is 2.11. The number of hydrazine groups is 1. The lowest BCUT2D eigenvalue weighted by molar-refractivity contribution is 0.522. The van der Waals surface area contributed by atoms with E-state index in [1.54, 1.807) is 6.07 Å². The Morgan fingerprint density at radius 2 is 1.85 bits per heavy atom. The number of hydrogen-bond donors (Lipinski definition) is 2. The maximum Gasteiger partial charge on any atom is 0.124 e. The van der Waals surface area contributed by atoms with Gasteiger partial charge in [-0.1, -0.05) is 29.8 Å². The molecule has 0 aromatic heterocycles. The fourth-order valence-corrected chi connectivity index (χ4v) is 2.65. The van der Waals surface area contributed by atoms with E-state index >= 15 is 0 Å². The molecule has 2 nitrogen and oxygen atoms in total. The molecule has 0 heterocycles. The molecular formula is C15H15ClFIN2. The molecule has 0 aliphatic heterocycles. The molecule has 2 rings (SSSR count). The molecule has 0 saturated carbocycles. The van der Waals surface area contributed by atoms with Crippen LogP contribution in [0.4, 0.5) is 4.39 Å². The van der Waals surface area contributed by atoms with Crippen molar-refractivity contribution in [2.24, 2.45) is 5.84 Å². The minimum atomic E-state index is -0.325. The quantitative estimate of drug-likeness (QED) is 0.453. The zero-order valence-corrected chi connectivity index (χ0v) is 13.7. The number of rotatable bonds is 5. The van der Waals surface area contributed by atoms with Crippen LogP contribution in [0.3, 0.4) is 0 Å². The highest BCUT2D eigenvalue weighted by molar-refractivity contribution is 14.1. The smallest absolute Gasteiger partial charge is 0.124 e. The third-order valence-corrected chi connectivity index (χ3v) is 4.18. The van der Waals surface area contributed by atoms with Gasteiger partial charge in [0.1, 0.15) is 5.82 Å². The zero-order chi connectivity index (χ0) is 14.5. The van der Waals surface area contributed by atoms with Crippen LogP contribution < -0.4 is 11.3 Å². The van der Waals surface area contributed by atoms with Crippen molar-refractivity contribution in [2.45, 2.75) is 18.9 Å². The first-order valence-corrected chi connectivity index (χ1v) is 7.68. The van der Waals surface area contributed by atoms with Crippen molar-refractivity contribution < 1.29 is 4.39 Å². The average molecular weight is 405 g/mol. The highest BCUT2D eigenvalue weighted by Crippen LogP contribution is 2.20. The Morgan fingerprint density at radius 3 is 2.45 bits per heavy atom. The summed E-state index contributed by atoms with van der Waals surface area (Å²) in [7, 11) is 0. The Bertz CT molecular complexity index is 575. The van der Waals surface area contributed by atoms with E-state index < -0.39 is 0 Å². The van der Waals surface area contributed by atoms with E-state index in [1.165, 1.54) is 21.3 Å². The molecule has 0 fully saturated rings. The minimum absolute atomic E-state index is 0.0537. The molecule has 20 heavy (non-hydrogen) atoms. The molecule has 2 aromatic carbocycles. The summed E-state index contributed by atoms with van der Waals surface area (Å²) in [5.41, 5.74) is 4.89. The zero-order valence-electron chi connectivity index (χ0n) is 10.7. The fourth-order valence-electron chi connectivity index (χ4n) is 2.05. The topological polar surface area (TPSA) is 38.0 Å². The van der Waals surface area contributed by atoms with Crippen LogP contribution in [-0.4, -0.2) is 6.04 Å². The first-order chi connectivity index (χ1) is 9.58. The van der Waals surface area contributed by atoms with Crippen molar-refractivity contribution in [3.05, 3.63) is 68.0 Å². The van der Waals surface area contributed by atoms with Gasteiger partial charge in [-0.05, 0) is 70.8 Å². The second kappa shape index (κ2) is 7.36. The Labute approximate surface area is 136 Å². The summed E-state index contributed by atoms with van der Waals surface area (Å²) in [6.45, 7) is 0. The van der Waals surface area contributed by atoms with Crippen molar-refractivity contribution in [1.82, 2.24) is 5.43 Å². The van der Waals surface area contributed by atoms with Gasteiger partial charge in [-0.3, -0.25) is 11.3 Å². The predicted octanol–water partition coefficient (Wildman–Crippen LogP) is 3.70. The number of nitrogens with one attached hydrogen (secondary N) is 1. The van der Waals surface area contributed by atoms with Crippen LogP contribution >= 0.6 is 34.2 Å². The van der Waals surface area contributed by atoms with Gasteiger partial charge < -0.3 is 0 Å². The van der Waals surface area contributed by atoms with Gasteiger partial charge in [0.25, 0.3) is 0 Å². The molecule has 1 unspecified atom stereocenters. The lowest BCUT2D eigenvalue weighted by Crippen LogP contribution is -2.38. The summed E-state index contributed by atoms with van der Waals surface area (Å²) >= 11 is 8.32. The van der Waals surface area contributed by atoms with Gasteiger partial charge in [-0.15, -0.1) is 0 Å². The number of hydrogen-bond acceptors (Lipinski definition) is 2. The Hall–Kier alpha value is -0.690. The number of nitrogens with two attached hydrogens (primary N) is 1. The largest absolute Gasteiger partial charge is 0.271 e. The van der Waals surface area contributed by atoms with Gasteiger partial charge in [-0.2, -0.15) is 0 Å². The van der Waals surface area contributed by atoms with Gasteiger partial charge >= 0.3 is 0 Å². The second-order valence-electron chi connectivity index (χ2n) is 4.63. The summed E-state index contributed by atoms with van der Waals surface area (Å²) in [6, 6.07) is 12.8. The Morgan fingerprint density at radius 1 is 1.15 bits per heavy atom. The molecule has 106 valence electrons. The molecule has 0 saturated heterocycles. The summed E-state index contributed by atoms with van der Waals surface area (Å²) in [6.07, 6.45) is 1.45. The van der Waals surface area contributed by atoms with E-state index in [4.69, 9.17) is 17.4 Å². The van der Waals surface area contributed by atoms with Gasteiger partial charge in [0.15, 0.2) is 0 Å². The Kier molecular flexibility index (Phi) is 5.77. The normalized spacial score (nSPS) is 12.4. The molecule has 5 heteroatoms. The standard InChI is InChI=1S/C15H15ClFIN2/c16-15-9-12(17)4-3-11(15)8-14(20-19)7-10-1-5-13(18)6-2-10/h1-6,9,14,20H,7-8,19H2. The summed E-state index contributed by atoms with van der Waals surface area (Å²) in [5, 5.41) is 0.438. The van der Waals surface area contributed by atoms with Crippen LogP contribution in [-0.2, 0) is 12.8 Å². The average Bonchev–Trinajstić information content (AvgIpc) is 2.43. The van der Waals surface area contributed by atoms with Crippen LogP contribution in [0.25, 0.3) is 0 Å². The van der Waals surface area contributed by atoms with Gasteiger partial charge in [-0.25, -0.2) is 4.39 Å². The molecule has 0 bridgehead atoms. The Balaban J connectivity index is 2.07. The van der Waals surface area contributed by atoms with E-state index in [-0.39, 0.29) is 11.9 Å². The van der Waals surface area contributed by atoms with Gasteiger partial charge in [0.2, 0.25) is 0 Å². The third-order valence-electron chi connectivity index (χ3n) is 3.11. The van der Waals surface area contributed by atoms with Crippen LogP contribution in [0.1, 0.15) is 11.1 Å². The molecule has 3 N–H and O–H groups in total. The van der Waals surface area contributed by atoms with Gasteiger partial charge in [0.05, 0.1) is 0 Å². The predicted molar refractivity (Wildman–Crippen MR) is 89.1 cm³/mol. The second-order valence-corrected chi connectivity index (χ2v) is 6.29. The lowest BCUT2D eigenvalue weighted by atomic mass is 9.99. The van der Waals surface area contributed by atoms with Crippen molar-refractivity contribution in [2.75, 3.05) is 0 Å². The molecular weight excluding hydrogens is 390 g/mol. The van der Waals surface area contributed by atoms with E-state index in [1.807, 2.05) is 0 Å². The first kappa shape index (κ1) is 15.7. The van der Waals surface area contributed by atoms with Crippen LogP contribution in [0.15, 0.2) is 42.5 Å². The van der Waals surface area contributed by atoms with E-state index in [0.29, 0.717) is 11.4 Å². The summed E-state index contributed by atoms with van der Waals surface area (Å²) in [5.74, 6) is 5.28. The third kappa shape index (κ3) is 4.41. The van der Waals surface area contributed by atoms with E-state index in [0.717, 1.165) is 12.0 Å². The fraction of sp³-hybridized carbons (Fsp3) is 0.200. The SMILES string of the molecule is NNC(Cc1ccc(I)cc1)Cc1ccc(F)cc1Cl. The first-order valence-electron chi connectivity index (χ1n) is 6.23. The van der Waals surface area contributed by atoms with Gasteiger partial charge in [0, 0.05) is 14.6 Å². The van der Waals surface area contributed by atoms with Crippen molar-refractivity contribution in [3.63, 3.8) is 0 Å². The minimum Gasteiger partial charge on any atom is -0.271 e. The number of benzene rings is 2. The molecule has 1 atom stereocenters. The maximum atomic E-state index is 13.0. The number of halogens is 3. The van der Waals surface area contributed by atoms with Crippen LogP contribution in [0.2, 0.25) is 5.02 Å². The van der Waals surface area contributed by atoms with E-state index in [9.17, 15) is 4.39 Å². The monoisotopic (exact) mass is 404 g/mol. The van der Waals surface area contributed by atoms with Crippen molar-refractivity contribution in [3.8, 4) is 0 Å². The van der Waals surface area contributed by atoms with Crippen molar-refractivity contribution in [1.29, 1.82) is 0 Å². The summed E-state index contributed by atoms with van der Waals surface area (Å²) in [4.78, 5) is 0. The van der Waals surface area contributed by atoms with Crippen LogP contribution in [0, 0.1) is 9.39 Å².